The number of rotatable bonds is 10. The Labute approximate surface area is 267 Å². The third kappa shape index (κ3) is 8.27. The van der Waals surface area contributed by atoms with Gasteiger partial charge in [-0.25, -0.2) is 4.79 Å². The van der Waals surface area contributed by atoms with E-state index in [1.54, 1.807) is 0 Å². The van der Waals surface area contributed by atoms with E-state index in [9.17, 15) is 14.4 Å². The Balaban J connectivity index is 0.000000302. The molecular formula is C34H55NO10. The van der Waals surface area contributed by atoms with Gasteiger partial charge in [0.1, 0.15) is 0 Å². The van der Waals surface area contributed by atoms with Crippen molar-refractivity contribution in [2.45, 2.75) is 121 Å². The predicted octanol–water partition coefficient (Wildman–Crippen LogP) is 4.56. The van der Waals surface area contributed by atoms with Gasteiger partial charge in [-0.3, -0.25) is 9.59 Å². The predicted molar refractivity (Wildman–Crippen MR) is 166 cm³/mol. The number of fused-ring (bicyclic) bond motifs is 3. The summed E-state index contributed by atoms with van der Waals surface area (Å²) in [6.45, 7) is 13.7. The van der Waals surface area contributed by atoms with Crippen molar-refractivity contribution in [3.8, 4) is 0 Å². The maximum atomic E-state index is 10.3. The maximum absolute atomic E-state index is 10.3. The average molecular weight is 638 g/mol. The van der Waals surface area contributed by atoms with Gasteiger partial charge in [-0.2, -0.15) is 0 Å². The van der Waals surface area contributed by atoms with Crippen LogP contribution in [-0.4, -0.2) is 101 Å². The molecule has 0 aromatic rings. The molecule has 0 aromatic carbocycles. The highest BCUT2D eigenvalue weighted by atomic mass is 16.7. The van der Waals surface area contributed by atoms with Gasteiger partial charge < -0.3 is 39.5 Å². The van der Waals surface area contributed by atoms with Crippen LogP contribution >= 0.6 is 0 Å². The normalized spacial score (nSPS) is 34.7. The number of nitrogens with zero attached hydrogens (tertiary/aromatic N) is 1. The monoisotopic (exact) mass is 637 g/mol. The number of carboxylic acids is 3. The lowest BCUT2D eigenvalue weighted by molar-refractivity contribution is -0.316. The molecule has 5 rings (SSSR count). The van der Waals surface area contributed by atoms with Crippen molar-refractivity contribution in [2.24, 2.45) is 28.6 Å². The first-order valence-electron chi connectivity index (χ1n) is 16.8. The summed E-state index contributed by atoms with van der Waals surface area (Å²) in [5.74, 6) is -3.17. The first-order chi connectivity index (χ1) is 21.2. The number of allylic oxidation sites excluding steroid dienone is 1. The van der Waals surface area contributed by atoms with E-state index in [-0.39, 0.29) is 11.7 Å². The van der Waals surface area contributed by atoms with Crippen LogP contribution in [0.3, 0.4) is 0 Å². The average Bonchev–Trinajstić information content (AvgIpc) is 3.50. The first-order valence-corrected chi connectivity index (χ1v) is 16.8. The number of carbonyl (C=O) groups is 3. The number of likely N-dealkylation sites (tertiary alicyclic amines) is 1. The van der Waals surface area contributed by atoms with E-state index in [1.807, 2.05) is 0 Å². The van der Waals surface area contributed by atoms with Crippen molar-refractivity contribution >= 4 is 17.9 Å². The van der Waals surface area contributed by atoms with Crippen LogP contribution in [-0.2, 0) is 28.6 Å². The second kappa shape index (κ2) is 14.8. The van der Waals surface area contributed by atoms with Crippen LogP contribution in [0.4, 0.5) is 0 Å². The number of carboxylic acid groups (broad SMARTS) is 3. The Hall–Kier alpha value is -2.05. The summed E-state index contributed by atoms with van der Waals surface area (Å²) < 4.78 is 19.6. The Kier molecular flexibility index (Phi) is 11.8. The molecule has 5 aliphatic rings. The molecule has 3 saturated carbocycles. The van der Waals surface area contributed by atoms with E-state index in [1.165, 1.54) is 76.5 Å². The standard InChI is InChI=1S/C28H47NO3.C6H8O7/c1-20-9-10-24-27(2,23(20)14-18-30-22-12-16-29(4)17-13-22)15-11-25-28(24,3)19-31-26(32-25)21-7-5-6-8-21;7-3(8)1-6(13,5(11)12)2-4(9)10/h21-26H,1,5-19H2,2-4H3;13H,1-2H2,(H,7,8)(H,9,10)(H,11,12)/t23-,24+,25-,26-,27+,28+;/m1./s1. The zero-order chi connectivity index (χ0) is 33.0. The minimum atomic E-state index is -2.74. The van der Waals surface area contributed by atoms with Crippen molar-refractivity contribution in [3.63, 3.8) is 0 Å². The van der Waals surface area contributed by atoms with Gasteiger partial charge in [0.15, 0.2) is 11.9 Å². The second-order valence-electron chi connectivity index (χ2n) is 14.8. The van der Waals surface area contributed by atoms with Gasteiger partial charge in [0.2, 0.25) is 0 Å². The van der Waals surface area contributed by atoms with Gasteiger partial charge >= 0.3 is 17.9 Å². The fraction of sp³-hybridized carbons (Fsp3) is 0.853. The summed E-state index contributed by atoms with van der Waals surface area (Å²) in [5, 5.41) is 33.8. The summed E-state index contributed by atoms with van der Waals surface area (Å²) >= 11 is 0. The van der Waals surface area contributed by atoms with E-state index >= 15 is 0 Å². The molecule has 0 spiro atoms. The van der Waals surface area contributed by atoms with Crippen LogP contribution in [0, 0.1) is 28.6 Å². The minimum Gasteiger partial charge on any atom is -0.481 e. The summed E-state index contributed by atoms with van der Waals surface area (Å²) in [6, 6.07) is 0. The molecule has 11 nitrogen and oxygen atoms in total. The Morgan fingerprint density at radius 3 is 2.18 bits per heavy atom. The fourth-order valence-electron chi connectivity index (χ4n) is 9.08. The quantitative estimate of drug-likeness (QED) is 0.248. The van der Waals surface area contributed by atoms with E-state index < -0.39 is 36.4 Å². The van der Waals surface area contributed by atoms with Crippen molar-refractivity contribution in [1.82, 2.24) is 4.90 Å². The van der Waals surface area contributed by atoms with Crippen molar-refractivity contribution in [1.29, 1.82) is 0 Å². The van der Waals surface area contributed by atoms with E-state index in [2.05, 4.69) is 32.4 Å². The van der Waals surface area contributed by atoms with Crippen molar-refractivity contribution < 1.29 is 49.0 Å². The molecule has 5 fully saturated rings. The molecule has 11 heteroatoms. The molecule has 0 bridgehead atoms. The molecule has 3 aliphatic carbocycles. The molecule has 2 aliphatic heterocycles. The SMILES string of the molecule is C=C1CC[C@@H]2[C@]3(C)CO[C@@H](C4CCCC4)O[C@@H]3CC[C@@]2(C)[C@@H]1CCOC1CCN(C)CC1.O=C(O)CC(O)(CC(=O)O)C(=O)O. The lowest BCUT2D eigenvalue weighted by Crippen LogP contribution is -2.62. The molecule has 0 unspecified atom stereocenters. The van der Waals surface area contributed by atoms with Crippen LogP contribution < -0.4 is 0 Å². The highest BCUT2D eigenvalue weighted by molar-refractivity contribution is 5.88. The van der Waals surface area contributed by atoms with Gasteiger partial charge in [0.25, 0.3) is 0 Å². The third-order valence-corrected chi connectivity index (χ3v) is 11.7. The highest BCUT2D eigenvalue weighted by Gasteiger charge is 2.60. The largest absolute Gasteiger partial charge is 0.481 e. The topological polar surface area (TPSA) is 163 Å². The van der Waals surface area contributed by atoms with Gasteiger partial charge in [0.05, 0.1) is 31.7 Å². The zero-order valence-corrected chi connectivity index (χ0v) is 27.4. The highest BCUT2D eigenvalue weighted by Crippen LogP contribution is 2.63. The molecule has 0 amide bonds. The van der Waals surface area contributed by atoms with Gasteiger partial charge in [-0.15, -0.1) is 0 Å². The number of hydrogen-bond donors (Lipinski definition) is 4. The Morgan fingerprint density at radius 2 is 1.60 bits per heavy atom. The molecule has 2 heterocycles. The molecule has 45 heavy (non-hydrogen) atoms. The molecule has 256 valence electrons. The van der Waals surface area contributed by atoms with E-state index in [0.29, 0.717) is 35.4 Å². The summed E-state index contributed by atoms with van der Waals surface area (Å²) in [7, 11) is 2.22. The van der Waals surface area contributed by atoms with Crippen LogP contribution in [0.25, 0.3) is 0 Å². The number of aliphatic hydroxyl groups is 1. The number of ether oxygens (including phenoxy) is 3. The van der Waals surface area contributed by atoms with Gasteiger partial charge in [-0.1, -0.05) is 38.8 Å². The Bertz CT molecular complexity index is 1050. The summed E-state index contributed by atoms with van der Waals surface area (Å²) in [6.07, 6.45) is 12.2. The van der Waals surface area contributed by atoms with Gasteiger partial charge in [-0.05, 0) is 82.1 Å². The third-order valence-electron chi connectivity index (χ3n) is 11.7. The number of aliphatic carboxylic acids is 3. The number of hydrogen-bond acceptors (Lipinski definition) is 8. The Morgan fingerprint density at radius 1 is 0.978 bits per heavy atom. The molecule has 4 N–H and O–H groups in total. The van der Waals surface area contributed by atoms with Crippen LogP contribution in [0.5, 0.6) is 0 Å². The van der Waals surface area contributed by atoms with Crippen molar-refractivity contribution in [2.75, 3.05) is 33.4 Å². The van der Waals surface area contributed by atoms with Crippen LogP contribution in [0.15, 0.2) is 12.2 Å². The molecule has 0 radical (unpaired) electrons. The van der Waals surface area contributed by atoms with Crippen molar-refractivity contribution in [3.05, 3.63) is 12.2 Å². The van der Waals surface area contributed by atoms with E-state index in [4.69, 9.17) is 34.6 Å². The lowest BCUT2D eigenvalue weighted by Gasteiger charge is -2.63. The van der Waals surface area contributed by atoms with Crippen LogP contribution in [0.1, 0.15) is 97.3 Å². The molecule has 2 saturated heterocycles. The summed E-state index contributed by atoms with van der Waals surface area (Å²) in [4.78, 5) is 32.9. The number of piperidine rings is 1. The second-order valence-corrected chi connectivity index (χ2v) is 14.8. The lowest BCUT2D eigenvalue weighted by atomic mass is 9.46. The van der Waals surface area contributed by atoms with E-state index in [0.717, 1.165) is 26.1 Å². The minimum absolute atomic E-state index is 0.0530. The zero-order valence-electron chi connectivity index (χ0n) is 27.4. The molecular weight excluding hydrogens is 582 g/mol. The fourth-order valence-corrected chi connectivity index (χ4v) is 9.08. The first kappa shape index (κ1) is 35.8. The van der Waals surface area contributed by atoms with Crippen LogP contribution in [0.2, 0.25) is 0 Å². The van der Waals surface area contributed by atoms with Gasteiger partial charge in [0, 0.05) is 31.0 Å². The summed E-state index contributed by atoms with van der Waals surface area (Å²) in [5.41, 5.74) is -0.837. The molecule has 0 aromatic heterocycles. The molecule has 6 atom stereocenters. The maximum Gasteiger partial charge on any atom is 0.336 e. The smallest absolute Gasteiger partial charge is 0.336 e.